The largest absolute Gasteiger partial charge is 0.326 e. The predicted molar refractivity (Wildman–Crippen MR) is 75.5 cm³/mol. The first kappa shape index (κ1) is 14.2. The van der Waals surface area contributed by atoms with Crippen LogP contribution in [-0.4, -0.2) is 15.7 Å². The van der Waals surface area contributed by atoms with Gasteiger partial charge in [0.2, 0.25) is 5.91 Å². The summed E-state index contributed by atoms with van der Waals surface area (Å²) in [4.78, 5) is 11.5. The number of nitrogens with zero attached hydrogens (tertiary/aromatic N) is 2. The van der Waals surface area contributed by atoms with Crippen LogP contribution in [0.1, 0.15) is 27.7 Å². The summed E-state index contributed by atoms with van der Waals surface area (Å²) in [7, 11) is 1.88. The highest BCUT2D eigenvalue weighted by Gasteiger charge is 2.07. The first-order valence-electron chi connectivity index (χ1n) is 6.30. The van der Waals surface area contributed by atoms with Gasteiger partial charge in [-0.15, -0.1) is 0 Å². The summed E-state index contributed by atoms with van der Waals surface area (Å²) in [6, 6.07) is 5.71. The Morgan fingerprint density at radius 3 is 2.61 bits per heavy atom. The van der Waals surface area contributed by atoms with Crippen molar-refractivity contribution in [2.45, 2.75) is 27.7 Å². The third kappa shape index (κ3) is 3.32. The van der Waals surface area contributed by atoms with Crippen LogP contribution in [0.25, 0.3) is 10.9 Å². The number of aromatic nitrogens is 2. The van der Waals surface area contributed by atoms with E-state index in [0.717, 1.165) is 16.6 Å². The van der Waals surface area contributed by atoms with Gasteiger partial charge in [-0.2, -0.15) is 5.10 Å². The zero-order chi connectivity index (χ0) is 13.7. The number of aryl methyl sites for hydroxylation is 1. The van der Waals surface area contributed by atoms with Gasteiger partial charge in [-0.25, -0.2) is 0 Å². The topological polar surface area (TPSA) is 46.9 Å². The van der Waals surface area contributed by atoms with E-state index < -0.39 is 0 Å². The molecule has 4 nitrogen and oxygen atoms in total. The van der Waals surface area contributed by atoms with Crippen molar-refractivity contribution in [2.24, 2.45) is 13.0 Å². The minimum absolute atomic E-state index is 0.00963. The van der Waals surface area contributed by atoms with Crippen LogP contribution in [0, 0.1) is 5.92 Å². The Hall–Kier alpha value is -1.84. The lowest BCUT2D eigenvalue weighted by molar-refractivity contribution is -0.118. The van der Waals surface area contributed by atoms with E-state index in [2.05, 4.69) is 10.4 Å². The molecule has 0 unspecified atom stereocenters. The summed E-state index contributed by atoms with van der Waals surface area (Å²) in [5, 5.41) is 8.17. The molecule has 0 radical (unpaired) electrons. The third-order valence-corrected chi connectivity index (χ3v) is 2.41. The molecule has 0 aliphatic heterocycles. The summed E-state index contributed by atoms with van der Waals surface area (Å²) in [5.41, 5.74) is 1.75. The van der Waals surface area contributed by atoms with Crippen LogP contribution < -0.4 is 5.32 Å². The van der Waals surface area contributed by atoms with Crippen LogP contribution in [0.5, 0.6) is 0 Å². The quantitative estimate of drug-likeness (QED) is 0.885. The molecule has 0 saturated heterocycles. The number of hydrogen-bond acceptors (Lipinski definition) is 2. The molecule has 1 aromatic heterocycles. The molecule has 0 saturated carbocycles. The molecule has 0 fully saturated rings. The molecule has 0 bridgehead atoms. The number of fused-ring (bicyclic) bond motifs is 1. The fraction of sp³-hybridized carbons (Fsp3) is 0.429. The van der Waals surface area contributed by atoms with Crippen LogP contribution >= 0.6 is 0 Å². The lowest BCUT2D eigenvalue weighted by Gasteiger charge is -2.07. The normalized spacial score (nSPS) is 10.1. The number of hydrogen-bond donors (Lipinski definition) is 1. The fourth-order valence-corrected chi connectivity index (χ4v) is 1.51. The van der Waals surface area contributed by atoms with E-state index in [0.29, 0.717) is 0 Å². The maximum absolute atomic E-state index is 11.5. The second kappa shape index (κ2) is 6.19. The Kier molecular flexibility index (Phi) is 4.89. The molecule has 4 heteroatoms. The van der Waals surface area contributed by atoms with Crippen LogP contribution in [0.3, 0.4) is 0 Å². The first-order chi connectivity index (χ1) is 8.56. The lowest BCUT2D eigenvalue weighted by Crippen LogP contribution is -2.17. The molecule has 0 aliphatic carbocycles. The fourth-order valence-electron chi connectivity index (χ4n) is 1.51. The standard InChI is InChI=1S/C12H15N3O.C2H6/c1-8(2)12(16)13-10-4-5-11-9(6-10)7-15(3)14-11;1-2/h4-8H,1-3H3,(H,13,16);1-2H3. The highest BCUT2D eigenvalue weighted by molar-refractivity contribution is 5.94. The average molecular weight is 247 g/mol. The Bertz CT molecular complexity index is 529. The summed E-state index contributed by atoms with van der Waals surface area (Å²) in [6.45, 7) is 7.75. The molecule has 1 N–H and O–H groups in total. The number of amides is 1. The highest BCUT2D eigenvalue weighted by atomic mass is 16.1. The van der Waals surface area contributed by atoms with Gasteiger partial charge in [0.05, 0.1) is 5.52 Å². The van der Waals surface area contributed by atoms with Gasteiger partial charge in [0.1, 0.15) is 0 Å². The van der Waals surface area contributed by atoms with Gasteiger partial charge < -0.3 is 5.32 Å². The summed E-state index contributed by atoms with van der Waals surface area (Å²) in [6.07, 6.45) is 1.93. The number of anilines is 1. The van der Waals surface area contributed by atoms with Crippen LogP contribution in [0.4, 0.5) is 5.69 Å². The molecular weight excluding hydrogens is 226 g/mol. The van der Waals surface area contributed by atoms with Crippen molar-refractivity contribution in [3.8, 4) is 0 Å². The average Bonchev–Trinajstić information content (AvgIpc) is 2.71. The van der Waals surface area contributed by atoms with Gasteiger partial charge in [0.25, 0.3) is 0 Å². The van der Waals surface area contributed by atoms with Crippen molar-refractivity contribution in [1.82, 2.24) is 9.78 Å². The minimum Gasteiger partial charge on any atom is -0.326 e. The molecule has 0 aliphatic rings. The zero-order valence-corrected chi connectivity index (χ0v) is 11.7. The summed E-state index contributed by atoms with van der Waals surface area (Å²) in [5.74, 6) is 0.0211. The van der Waals surface area contributed by atoms with Crippen LogP contribution in [0.2, 0.25) is 0 Å². The van der Waals surface area contributed by atoms with Crippen molar-refractivity contribution in [3.05, 3.63) is 24.4 Å². The minimum atomic E-state index is -0.00963. The number of benzene rings is 1. The Labute approximate surface area is 108 Å². The molecule has 1 amide bonds. The summed E-state index contributed by atoms with van der Waals surface area (Å²) >= 11 is 0. The van der Waals surface area contributed by atoms with Crippen molar-refractivity contribution in [1.29, 1.82) is 0 Å². The van der Waals surface area contributed by atoms with E-state index in [9.17, 15) is 4.79 Å². The molecule has 2 aromatic rings. The van der Waals surface area contributed by atoms with Crippen LogP contribution in [0.15, 0.2) is 24.4 Å². The second-order valence-corrected chi connectivity index (χ2v) is 4.22. The molecule has 0 atom stereocenters. The Morgan fingerprint density at radius 1 is 1.33 bits per heavy atom. The Balaban J connectivity index is 0.000000771. The van der Waals surface area contributed by atoms with E-state index in [1.165, 1.54) is 0 Å². The summed E-state index contributed by atoms with van der Waals surface area (Å²) < 4.78 is 1.76. The maximum atomic E-state index is 11.5. The van der Waals surface area contributed by atoms with Gasteiger partial charge in [0, 0.05) is 30.2 Å². The Morgan fingerprint density at radius 2 is 2.00 bits per heavy atom. The molecular formula is C14H21N3O. The SMILES string of the molecule is CC.CC(C)C(=O)Nc1ccc2nn(C)cc2c1. The maximum Gasteiger partial charge on any atom is 0.226 e. The van der Waals surface area contributed by atoms with Gasteiger partial charge in [-0.1, -0.05) is 27.7 Å². The van der Waals surface area contributed by atoms with Gasteiger partial charge in [-0.05, 0) is 18.2 Å². The number of carbonyl (C=O) groups excluding carboxylic acids is 1. The van der Waals surface area contributed by atoms with E-state index in [1.807, 2.05) is 59.1 Å². The van der Waals surface area contributed by atoms with Gasteiger partial charge in [0.15, 0.2) is 0 Å². The van der Waals surface area contributed by atoms with Crippen molar-refractivity contribution in [2.75, 3.05) is 5.32 Å². The molecule has 2 rings (SSSR count). The second-order valence-electron chi connectivity index (χ2n) is 4.22. The zero-order valence-electron chi connectivity index (χ0n) is 11.7. The van der Waals surface area contributed by atoms with E-state index in [1.54, 1.807) is 4.68 Å². The van der Waals surface area contributed by atoms with Crippen molar-refractivity contribution >= 4 is 22.5 Å². The molecule has 0 spiro atoms. The number of carbonyl (C=O) groups is 1. The monoisotopic (exact) mass is 247 g/mol. The van der Waals surface area contributed by atoms with Crippen LogP contribution in [-0.2, 0) is 11.8 Å². The highest BCUT2D eigenvalue weighted by Crippen LogP contribution is 2.18. The molecule has 1 aromatic carbocycles. The number of nitrogens with one attached hydrogen (secondary N) is 1. The smallest absolute Gasteiger partial charge is 0.226 e. The lowest BCUT2D eigenvalue weighted by atomic mass is 10.2. The molecule has 1 heterocycles. The first-order valence-corrected chi connectivity index (χ1v) is 6.30. The van der Waals surface area contributed by atoms with E-state index in [4.69, 9.17) is 0 Å². The van der Waals surface area contributed by atoms with E-state index >= 15 is 0 Å². The third-order valence-electron chi connectivity index (χ3n) is 2.41. The van der Waals surface area contributed by atoms with Gasteiger partial charge >= 0.3 is 0 Å². The molecule has 18 heavy (non-hydrogen) atoms. The number of rotatable bonds is 2. The van der Waals surface area contributed by atoms with Gasteiger partial charge in [-0.3, -0.25) is 9.48 Å². The van der Waals surface area contributed by atoms with Crippen molar-refractivity contribution in [3.63, 3.8) is 0 Å². The predicted octanol–water partition coefficient (Wildman–Crippen LogP) is 3.19. The van der Waals surface area contributed by atoms with Crippen molar-refractivity contribution < 1.29 is 4.79 Å². The van der Waals surface area contributed by atoms with E-state index in [-0.39, 0.29) is 11.8 Å². The molecule has 98 valence electrons.